The summed E-state index contributed by atoms with van der Waals surface area (Å²) in [6, 6.07) is 5.09. The molecule has 0 aromatic heterocycles. The Morgan fingerprint density at radius 3 is 2.61 bits per heavy atom. The van der Waals surface area contributed by atoms with E-state index in [1.807, 2.05) is 6.07 Å². The first-order chi connectivity index (χ1) is 8.46. The fraction of sp³-hybridized carbons (Fsp3) is 0.600. The molecule has 3 atom stereocenters. The van der Waals surface area contributed by atoms with Gasteiger partial charge >= 0.3 is 0 Å². The van der Waals surface area contributed by atoms with Crippen LogP contribution in [0.4, 0.5) is 4.39 Å². The molecule has 0 aliphatic heterocycles. The SMILES string of the molecule is COc1ccc(C2(N)CCC(C)C(C)C2)cc1F. The van der Waals surface area contributed by atoms with E-state index in [-0.39, 0.29) is 17.1 Å². The first-order valence-corrected chi connectivity index (χ1v) is 6.59. The lowest BCUT2D eigenvalue weighted by Crippen LogP contribution is -2.43. The minimum atomic E-state index is -0.390. The zero-order valence-corrected chi connectivity index (χ0v) is 11.4. The Bertz CT molecular complexity index is 435. The minimum Gasteiger partial charge on any atom is -0.494 e. The van der Waals surface area contributed by atoms with Crippen LogP contribution in [0.25, 0.3) is 0 Å². The summed E-state index contributed by atoms with van der Waals surface area (Å²) >= 11 is 0. The van der Waals surface area contributed by atoms with Crippen LogP contribution in [0.5, 0.6) is 5.75 Å². The summed E-state index contributed by atoms with van der Waals surface area (Å²) in [6.07, 6.45) is 2.94. The van der Waals surface area contributed by atoms with Gasteiger partial charge in [-0.05, 0) is 48.8 Å². The molecule has 1 saturated carbocycles. The molecule has 100 valence electrons. The van der Waals surface area contributed by atoms with Crippen LogP contribution in [0.2, 0.25) is 0 Å². The highest BCUT2D eigenvalue weighted by molar-refractivity contribution is 5.33. The molecule has 2 nitrogen and oxygen atoms in total. The van der Waals surface area contributed by atoms with Crippen LogP contribution in [0.15, 0.2) is 18.2 Å². The minimum absolute atomic E-state index is 0.277. The van der Waals surface area contributed by atoms with Gasteiger partial charge in [-0.15, -0.1) is 0 Å². The highest BCUT2D eigenvalue weighted by Gasteiger charge is 2.36. The molecule has 1 aliphatic rings. The summed E-state index contributed by atoms with van der Waals surface area (Å²) in [5, 5.41) is 0. The Morgan fingerprint density at radius 1 is 1.33 bits per heavy atom. The van der Waals surface area contributed by atoms with Gasteiger partial charge in [-0.25, -0.2) is 4.39 Å². The van der Waals surface area contributed by atoms with Gasteiger partial charge in [0.15, 0.2) is 11.6 Å². The van der Waals surface area contributed by atoms with Crippen molar-refractivity contribution in [1.29, 1.82) is 0 Å². The second-order valence-electron chi connectivity index (χ2n) is 5.70. The van der Waals surface area contributed by atoms with Crippen molar-refractivity contribution >= 4 is 0 Å². The maximum atomic E-state index is 13.8. The second-order valence-corrected chi connectivity index (χ2v) is 5.70. The summed E-state index contributed by atoms with van der Waals surface area (Å²) < 4.78 is 18.7. The van der Waals surface area contributed by atoms with Crippen LogP contribution >= 0.6 is 0 Å². The molecule has 1 aromatic carbocycles. The number of methoxy groups -OCH3 is 1. The van der Waals surface area contributed by atoms with Gasteiger partial charge in [-0.1, -0.05) is 19.9 Å². The normalized spacial score (nSPS) is 32.3. The fourth-order valence-electron chi connectivity index (χ4n) is 2.89. The quantitative estimate of drug-likeness (QED) is 0.873. The van der Waals surface area contributed by atoms with Crippen LogP contribution in [0, 0.1) is 17.7 Å². The first-order valence-electron chi connectivity index (χ1n) is 6.59. The molecule has 0 heterocycles. The smallest absolute Gasteiger partial charge is 0.165 e. The molecule has 1 aromatic rings. The van der Waals surface area contributed by atoms with Crippen LogP contribution < -0.4 is 10.5 Å². The number of hydrogen-bond acceptors (Lipinski definition) is 2. The third-order valence-corrected chi connectivity index (χ3v) is 4.43. The number of ether oxygens (including phenoxy) is 1. The molecule has 2 N–H and O–H groups in total. The van der Waals surface area contributed by atoms with Gasteiger partial charge in [0.1, 0.15) is 0 Å². The number of halogens is 1. The highest BCUT2D eigenvalue weighted by atomic mass is 19.1. The van der Waals surface area contributed by atoms with Crippen molar-refractivity contribution in [3.8, 4) is 5.75 Å². The highest BCUT2D eigenvalue weighted by Crippen LogP contribution is 2.41. The molecule has 0 spiro atoms. The van der Waals surface area contributed by atoms with Gasteiger partial charge in [-0.3, -0.25) is 0 Å². The molecular formula is C15H22FNO. The van der Waals surface area contributed by atoms with E-state index in [2.05, 4.69) is 13.8 Å². The van der Waals surface area contributed by atoms with Crippen LogP contribution in [-0.4, -0.2) is 7.11 Å². The van der Waals surface area contributed by atoms with E-state index in [0.29, 0.717) is 11.8 Å². The zero-order valence-electron chi connectivity index (χ0n) is 11.4. The van der Waals surface area contributed by atoms with Gasteiger partial charge < -0.3 is 10.5 Å². The average molecular weight is 251 g/mol. The third kappa shape index (κ3) is 2.37. The maximum absolute atomic E-state index is 13.8. The van der Waals surface area contributed by atoms with Crippen molar-refractivity contribution in [1.82, 2.24) is 0 Å². The molecule has 1 fully saturated rings. The van der Waals surface area contributed by atoms with Gasteiger partial charge in [-0.2, -0.15) is 0 Å². The van der Waals surface area contributed by atoms with Crippen molar-refractivity contribution < 1.29 is 9.13 Å². The molecular weight excluding hydrogens is 229 g/mol. The van der Waals surface area contributed by atoms with E-state index in [1.54, 1.807) is 6.07 Å². The molecule has 2 rings (SSSR count). The third-order valence-electron chi connectivity index (χ3n) is 4.43. The van der Waals surface area contributed by atoms with Crippen LogP contribution in [0.1, 0.15) is 38.7 Å². The lowest BCUT2D eigenvalue weighted by Gasteiger charge is -2.40. The van der Waals surface area contributed by atoms with Gasteiger partial charge in [0.25, 0.3) is 0 Å². The largest absolute Gasteiger partial charge is 0.494 e. The Balaban J connectivity index is 2.27. The lowest BCUT2D eigenvalue weighted by molar-refractivity contribution is 0.176. The van der Waals surface area contributed by atoms with E-state index < -0.39 is 0 Å². The Labute approximate surface area is 108 Å². The average Bonchev–Trinajstić information content (AvgIpc) is 2.34. The van der Waals surface area contributed by atoms with Crippen molar-refractivity contribution in [2.24, 2.45) is 17.6 Å². The van der Waals surface area contributed by atoms with E-state index in [1.165, 1.54) is 13.2 Å². The van der Waals surface area contributed by atoms with E-state index in [9.17, 15) is 4.39 Å². The number of nitrogens with two attached hydrogens (primary N) is 1. The van der Waals surface area contributed by atoms with E-state index in [0.717, 1.165) is 24.8 Å². The molecule has 1 aliphatic carbocycles. The van der Waals surface area contributed by atoms with Crippen molar-refractivity contribution in [2.75, 3.05) is 7.11 Å². The molecule has 0 amide bonds. The summed E-state index contributed by atoms with van der Waals surface area (Å²) in [5.74, 6) is 1.23. The predicted molar refractivity (Wildman–Crippen MR) is 71.0 cm³/mol. The molecule has 3 unspecified atom stereocenters. The van der Waals surface area contributed by atoms with E-state index in [4.69, 9.17) is 10.5 Å². The Hall–Kier alpha value is -1.09. The standard InChI is InChI=1S/C15H22FNO/c1-10-6-7-15(17,9-11(10)2)12-4-5-14(18-3)13(16)8-12/h4-5,8,10-11H,6-7,9,17H2,1-3H3. The molecule has 3 heteroatoms. The van der Waals surface area contributed by atoms with Gasteiger partial charge in [0, 0.05) is 5.54 Å². The molecule has 0 saturated heterocycles. The monoisotopic (exact) mass is 251 g/mol. The Kier molecular flexibility index (Phi) is 3.62. The van der Waals surface area contributed by atoms with Crippen LogP contribution in [-0.2, 0) is 5.54 Å². The summed E-state index contributed by atoms with van der Waals surface area (Å²) in [5.41, 5.74) is 6.98. The summed E-state index contributed by atoms with van der Waals surface area (Å²) in [7, 11) is 1.47. The summed E-state index contributed by atoms with van der Waals surface area (Å²) in [4.78, 5) is 0. The van der Waals surface area contributed by atoms with Crippen molar-refractivity contribution in [3.63, 3.8) is 0 Å². The molecule has 0 radical (unpaired) electrons. The van der Waals surface area contributed by atoms with Crippen molar-refractivity contribution in [3.05, 3.63) is 29.6 Å². The topological polar surface area (TPSA) is 35.2 Å². The van der Waals surface area contributed by atoms with Crippen LogP contribution in [0.3, 0.4) is 0 Å². The molecule has 18 heavy (non-hydrogen) atoms. The first kappa shape index (κ1) is 13.3. The Morgan fingerprint density at radius 2 is 2.06 bits per heavy atom. The molecule has 0 bridgehead atoms. The summed E-state index contributed by atoms with van der Waals surface area (Å²) in [6.45, 7) is 4.49. The van der Waals surface area contributed by atoms with Gasteiger partial charge in [0.05, 0.1) is 7.11 Å². The number of rotatable bonds is 2. The maximum Gasteiger partial charge on any atom is 0.165 e. The second kappa shape index (κ2) is 4.88. The number of hydrogen-bond donors (Lipinski definition) is 1. The van der Waals surface area contributed by atoms with Crippen molar-refractivity contribution in [2.45, 2.75) is 38.6 Å². The van der Waals surface area contributed by atoms with Gasteiger partial charge in [0.2, 0.25) is 0 Å². The number of benzene rings is 1. The predicted octanol–water partition coefficient (Wildman–Crippen LogP) is 3.44. The van der Waals surface area contributed by atoms with E-state index >= 15 is 0 Å². The lowest BCUT2D eigenvalue weighted by atomic mass is 9.69. The fourth-order valence-corrected chi connectivity index (χ4v) is 2.89. The zero-order chi connectivity index (χ0) is 13.3.